The van der Waals surface area contributed by atoms with Gasteiger partial charge in [0.05, 0.1) is 13.7 Å². The molecule has 1 N–H and O–H groups in total. The van der Waals surface area contributed by atoms with Crippen LogP contribution in [0, 0.1) is 0 Å². The van der Waals surface area contributed by atoms with Crippen LogP contribution in [0.5, 0.6) is 5.75 Å². The normalized spacial score (nSPS) is 19.7. The maximum Gasteiger partial charge on any atom is 0.330 e. The summed E-state index contributed by atoms with van der Waals surface area (Å²) in [5.41, 5.74) is 2.63. The van der Waals surface area contributed by atoms with Crippen molar-refractivity contribution in [2.75, 3.05) is 22.2 Å². The smallest absolute Gasteiger partial charge is 0.330 e. The monoisotopic (exact) mass is 545 g/mol. The molecule has 1 fully saturated rings. The number of nitrogens with one attached hydrogen (secondary N) is 1. The Morgan fingerprint density at radius 3 is 2.41 bits per heavy atom. The summed E-state index contributed by atoms with van der Waals surface area (Å²) < 4.78 is 12.1. The van der Waals surface area contributed by atoms with Crippen molar-refractivity contribution < 1.29 is 14.0 Å². The summed E-state index contributed by atoms with van der Waals surface area (Å²) >= 11 is 0. The van der Waals surface area contributed by atoms with Gasteiger partial charge in [-0.15, -0.1) is 0 Å². The Morgan fingerprint density at radius 2 is 1.74 bits per heavy atom. The molecule has 3 aromatic rings. The summed E-state index contributed by atoms with van der Waals surface area (Å²) in [4.78, 5) is 27.3. The average Bonchev–Trinajstić information content (AvgIpc) is 3.35. The minimum atomic E-state index is -1.93. The number of urea groups is 1. The summed E-state index contributed by atoms with van der Waals surface area (Å²) in [5, 5.41) is 3.42. The summed E-state index contributed by atoms with van der Waals surface area (Å²) in [7, 11) is -0.288. The van der Waals surface area contributed by atoms with E-state index < -0.39 is 8.32 Å². The van der Waals surface area contributed by atoms with Crippen LogP contribution in [0.25, 0.3) is 0 Å². The Hall–Kier alpha value is -3.43. The summed E-state index contributed by atoms with van der Waals surface area (Å²) in [6.45, 7) is 11.8. The van der Waals surface area contributed by atoms with Crippen molar-refractivity contribution in [3.8, 4) is 5.75 Å². The molecule has 8 nitrogen and oxygen atoms in total. The van der Waals surface area contributed by atoms with Crippen LogP contribution in [0.3, 0.4) is 0 Å². The topological polar surface area (TPSA) is 79.8 Å². The Bertz CT molecular complexity index is 1310. The Morgan fingerprint density at radius 1 is 1.03 bits per heavy atom. The zero-order valence-corrected chi connectivity index (χ0v) is 24.8. The maximum atomic E-state index is 14.2. The number of amides is 2. The molecule has 0 spiro atoms. The number of hydrogen-bond acceptors (Lipinski definition) is 6. The van der Waals surface area contributed by atoms with E-state index in [9.17, 15) is 4.79 Å². The van der Waals surface area contributed by atoms with E-state index in [4.69, 9.17) is 14.1 Å². The molecule has 2 aliphatic rings. The fraction of sp³-hybridized carbons (Fsp3) is 0.433. The lowest BCUT2D eigenvalue weighted by Crippen LogP contribution is -2.52. The molecule has 1 saturated carbocycles. The average molecular weight is 546 g/mol. The quantitative estimate of drug-likeness (QED) is 0.319. The van der Waals surface area contributed by atoms with Crippen LogP contribution in [0.15, 0.2) is 60.8 Å². The Balaban J connectivity index is 1.46. The van der Waals surface area contributed by atoms with Crippen molar-refractivity contribution >= 4 is 37.5 Å². The van der Waals surface area contributed by atoms with Gasteiger partial charge in [-0.1, -0.05) is 39.0 Å². The molecule has 1 aromatic heterocycles. The SMILES string of the molecule is COc1ccc(N2Cc3cnc(Nc4ccccc4)nc3N([C@H]3CC[C@H](O[Si](C)(C)C(C)(C)C)C3)C2=O)cc1. The number of para-hydroxylation sites is 1. The molecule has 9 heteroatoms. The summed E-state index contributed by atoms with van der Waals surface area (Å²) in [6.07, 6.45) is 4.56. The maximum absolute atomic E-state index is 14.2. The number of ether oxygens (including phenoxy) is 1. The first kappa shape index (κ1) is 27.1. The van der Waals surface area contributed by atoms with Crippen LogP contribution < -0.4 is 19.9 Å². The van der Waals surface area contributed by atoms with Crippen molar-refractivity contribution in [3.63, 3.8) is 0 Å². The van der Waals surface area contributed by atoms with Crippen molar-refractivity contribution in [2.45, 2.75) is 76.9 Å². The van der Waals surface area contributed by atoms with Gasteiger partial charge in [-0.3, -0.25) is 9.80 Å². The number of carbonyl (C=O) groups is 1. The van der Waals surface area contributed by atoms with Crippen LogP contribution in [0.1, 0.15) is 45.6 Å². The van der Waals surface area contributed by atoms with E-state index in [0.717, 1.165) is 42.0 Å². The number of hydrogen-bond donors (Lipinski definition) is 1. The predicted molar refractivity (Wildman–Crippen MR) is 159 cm³/mol. The molecule has 1 aliphatic heterocycles. The van der Waals surface area contributed by atoms with Gasteiger partial charge in [-0.2, -0.15) is 4.98 Å². The zero-order chi connectivity index (χ0) is 27.8. The van der Waals surface area contributed by atoms with E-state index in [-0.39, 0.29) is 23.2 Å². The van der Waals surface area contributed by atoms with Gasteiger partial charge in [0, 0.05) is 35.3 Å². The van der Waals surface area contributed by atoms with Gasteiger partial charge in [0.1, 0.15) is 11.6 Å². The first-order chi connectivity index (χ1) is 18.6. The van der Waals surface area contributed by atoms with E-state index in [1.54, 1.807) is 12.0 Å². The lowest BCUT2D eigenvalue weighted by molar-refractivity contribution is 0.186. The van der Waals surface area contributed by atoms with Crippen molar-refractivity contribution in [1.29, 1.82) is 0 Å². The number of carbonyl (C=O) groups excluding carboxylic acids is 1. The minimum absolute atomic E-state index is 0.00783. The molecule has 0 radical (unpaired) electrons. The largest absolute Gasteiger partial charge is 0.497 e. The second-order valence-corrected chi connectivity index (χ2v) is 16.7. The van der Waals surface area contributed by atoms with Crippen LogP contribution >= 0.6 is 0 Å². The number of anilines is 4. The molecule has 2 heterocycles. The molecule has 0 saturated heterocycles. The fourth-order valence-electron chi connectivity index (χ4n) is 5.03. The highest BCUT2D eigenvalue weighted by molar-refractivity contribution is 6.74. The van der Waals surface area contributed by atoms with E-state index in [0.29, 0.717) is 18.3 Å². The van der Waals surface area contributed by atoms with Crippen molar-refractivity contribution in [3.05, 3.63) is 66.4 Å². The second kappa shape index (κ2) is 10.6. The molecule has 0 bridgehead atoms. The number of aromatic nitrogens is 2. The standard InChI is InChI=1S/C30H39N5O3Si/c1-30(2,3)39(5,6)38-26-17-14-24(18-26)35-27-21(19-31-28(33-27)32-22-10-8-7-9-11-22)20-34(29(35)36)23-12-15-25(37-4)16-13-23/h7-13,15-16,19,24,26H,14,17-18,20H2,1-6H3,(H,31,32,33)/t24-,26-/m0/s1. The third kappa shape index (κ3) is 5.65. The number of nitrogens with zero attached hydrogens (tertiary/aromatic N) is 4. The molecule has 1 aliphatic carbocycles. The predicted octanol–water partition coefficient (Wildman–Crippen LogP) is 7.12. The summed E-state index contributed by atoms with van der Waals surface area (Å²) in [6, 6.07) is 17.3. The van der Waals surface area contributed by atoms with Crippen molar-refractivity contribution in [1.82, 2.24) is 9.97 Å². The van der Waals surface area contributed by atoms with Gasteiger partial charge < -0.3 is 14.5 Å². The van der Waals surface area contributed by atoms with Crippen LogP contribution in [0.4, 0.5) is 27.9 Å². The van der Waals surface area contributed by atoms with Gasteiger partial charge in [0.15, 0.2) is 8.32 Å². The lowest BCUT2D eigenvalue weighted by atomic mass is 10.1. The molecule has 2 aromatic carbocycles. The second-order valence-electron chi connectivity index (χ2n) is 11.9. The van der Waals surface area contributed by atoms with Crippen molar-refractivity contribution in [2.24, 2.45) is 0 Å². The number of benzene rings is 2. The van der Waals surface area contributed by atoms with Crippen LogP contribution in [-0.2, 0) is 11.0 Å². The minimum Gasteiger partial charge on any atom is -0.497 e. The first-order valence-electron chi connectivity index (χ1n) is 13.7. The number of fused-ring (bicyclic) bond motifs is 1. The highest BCUT2D eigenvalue weighted by Crippen LogP contribution is 2.42. The van der Waals surface area contributed by atoms with Gasteiger partial charge >= 0.3 is 6.03 Å². The molecular weight excluding hydrogens is 506 g/mol. The molecule has 5 rings (SSSR count). The number of methoxy groups -OCH3 is 1. The first-order valence-corrected chi connectivity index (χ1v) is 16.6. The fourth-order valence-corrected chi connectivity index (χ4v) is 6.43. The van der Waals surface area contributed by atoms with Gasteiger partial charge in [0.2, 0.25) is 5.95 Å². The molecule has 206 valence electrons. The molecule has 0 unspecified atom stereocenters. The third-order valence-electron chi connectivity index (χ3n) is 8.24. The van der Waals surface area contributed by atoms with E-state index in [1.807, 2.05) is 65.7 Å². The molecule has 39 heavy (non-hydrogen) atoms. The van der Waals surface area contributed by atoms with E-state index >= 15 is 0 Å². The molecule has 2 atom stereocenters. The Labute approximate surface area is 232 Å². The van der Waals surface area contributed by atoms with Crippen LogP contribution in [0.2, 0.25) is 18.1 Å². The zero-order valence-electron chi connectivity index (χ0n) is 23.8. The van der Waals surface area contributed by atoms with E-state index in [2.05, 4.69) is 44.2 Å². The highest BCUT2D eigenvalue weighted by Gasteiger charge is 2.44. The Kier molecular flexibility index (Phi) is 7.39. The van der Waals surface area contributed by atoms with Gasteiger partial charge in [-0.25, -0.2) is 9.78 Å². The molecule has 2 amide bonds. The lowest BCUT2D eigenvalue weighted by Gasteiger charge is -2.40. The van der Waals surface area contributed by atoms with Gasteiger partial charge in [-0.05, 0) is 73.8 Å². The van der Waals surface area contributed by atoms with E-state index in [1.165, 1.54) is 0 Å². The highest BCUT2D eigenvalue weighted by atomic mass is 28.4. The van der Waals surface area contributed by atoms with Crippen LogP contribution in [-0.4, -0.2) is 43.6 Å². The molecular formula is C30H39N5O3Si. The summed E-state index contributed by atoms with van der Waals surface area (Å²) in [5.74, 6) is 1.90. The van der Waals surface area contributed by atoms with Gasteiger partial charge in [0.25, 0.3) is 0 Å². The third-order valence-corrected chi connectivity index (χ3v) is 12.8. The number of rotatable bonds is 7.